The van der Waals surface area contributed by atoms with Gasteiger partial charge in [0.25, 0.3) is 0 Å². The van der Waals surface area contributed by atoms with Crippen molar-refractivity contribution in [3.05, 3.63) is 35.4 Å². The van der Waals surface area contributed by atoms with Crippen LogP contribution in [0.25, 0.3) is 0 Å². The molecule has 3 heteroatoms. The molecule has 1 aliphatic rings. The van der Waals surface area contributed by atoms with Crippen LogP contribution in [0.4, 0.5) is 0 Å². The normalized spacial score (nSPS) is 21.1. The lowest BCUT2D eigenvalue weighted by molar-refractivity contribution is 0.0105. The Morgan fingerprint density at radius 3 is 2.78 bits per heavy atom. The first kappa shape index (κ1) is 13.5. The molecule has 1 heterocycles. The molecule has 0 bridgehead atoms. The van der Waals surface area contributed by atoms with E-state index >= 15 is 0 Å². The van der Waals surface area contributed by atoms with Crippen molar-refractivity contribution < 1.29 is 9.47 Å². The van der Waals surface area contributed by atoms with Crippen molar-refractivity contribution in [3.63, 3.8) is 0 Å². The van der Waals surface area contributed by atoms with Crippen LogP contribution in [-0.4, -0.2) is 33.0 Å². The molecule has 1 saturated heterocycles. The average Bonchev–Trinajstić information content (AvgIpc) is 2.89. The molecule has 0 spiro atoms. The lowest BCUT2D eigenvalue weighted by Gasteiger charge is -2.18. The number of nitrogens with one attached hydrogen (secondary N) is 1. The highest BCUT2D eigenvalue weighted by Crippen LogP contribution is 2.16. The van der Waals surface area contributed by atoms with E-state index in [1.807, 2.05) is 7.05 Å². The smallest absolute Gasteiger partial charge is 0.0809 e. The Balaban J connectivity index is 1.79. The van der Waals surface area contributed by atoms with Crippen LogP contribution in [-0.2, 0) is 9.47 Å². The van der Waals surface area contributed by atoms with Crippen LogP contribution in [0.5, 0.6) is 0 Å². The summed E-state index contributed by atoms with van der Waals surface area (Å²) in [6.07, 6.45) is 2.61. The van der Waals surface area contributed by atoms with E-state index in [2.05, 4.69) is 36.5 Å². The molecule has 1 aliphatic heterocycles. The van der Waals surface area contributed by atoms with Crippen LogP contribution in [0.1, 0.15) is 30.0 Å². The van der Waals surface area contributed by atoms with Gasteiger partial charge in [-0.1, -0.05) is 29.8 Å². The minimum atomic E-state index is 0.256. The molecule has 0 aliphatic carbocycles. The van der Waals surface area contributed by atoms with Gasteiger partial charge < -0.3 is 14.8 Å². The third kappa shape index (κ3) is 3.80. The second-order valence-electron chi connectivity index (χ2n) is 4.92. The van der Waals surface area contributed by atoms with E-state index in [4.69, 9.17) is 9.47 Å². The molecule has 0 aromatic heterocycles. The van der Waals surface area contributed by atoms with E-state index in [1.165, 1.54) is 17.5 Å². The van der Waals surface area contributed by atoms with Crippen molar-refractivity contribution in [1.29, 1.82) is 0 Å². The molecule has 0 radical (unpaired) electrons. The molecule has 1 aromatic carbocycles. The molecule has 2 unspecified atom stereocenters. The van der Waals surface area contributed by atoms with Crippen molar-refractivity contribution >= 4 is 0 Å². The van der Waals surface area contributed by atoms with Crippen molar-refractivity contribution in [2.75, 3.05) is 26.9 Å². The van der Waals surface area contributed by atoms with E-state index in [9.17, 15) is 0 Å². The molecule has 100 valence electrons. The van der Waals surface area contributed by atoms with Gasteiger partial charge in [-0.3, -0.25) is 0 Å². The van der Waals surface area contributed by atoms with Gasteiger partial charge >= 0.3 is 0 Å². The summed E-state index contributed by atoms with van der Waals surface area (Å²) in [5.41, 5.74) is 2.56. The van der Waals surface area contributed by atoms with E-state index in [-0.39, 0.29) is 6.04 Å². The zero-order valence-electron chi connectivity index (χ0n) is 11.3. The predicted octanol–water partition coefficient (Wildman–Crippen LogP) is 2.45. The Kier molecular flexibility index (Phi) is 5.17. The highest BCUT2D eigenvalue weighted by Gasteiger charge is 2.16. The van der Waals surface area contributed by atoms with Crippen LogP contribution in [0.2, 0.25) is 0 Å². The first-order valence-corrected chi connectivity index (χ1v) is 6.73. The Bertz CT molecular complexity index is 344. The van der Waals surface area contributed by atoms with Gasteiger partial charge in [0.1, 0.15) is 0 Å². The zero-order valence-corrected chi connectivity index (χ0v) is 11.3. The van der Waals surface area contributed by atoms with Gasteiger partial charge in [-0.15, -0.1) is 0 Å². The SMILES string of the molecule is CNC(COCC1CCCO1)c1ccc(C)cc1. The number of aryl methyl sites for hydroxylation is 1. The molecule has 18 heavy (non-hydrogen) atoms. The Morgan fingerprint density at radius 2 is 2.17 bits per heavy atom. The lowest BCUT2D eigenvalue weighted by Crippen LogP contribution is -2.24. The molecule has 3 nitrogen and oxygen atoms in total. The summed E-state index contributed by atoms with van der Waals surface area (Å²) in [5, 5.41) is 3.30. The summed E-state index contributed by atoms with van der Waals surface area (Å²) in [7, 11) is 1.97. The maximum atomic E-state index is 5.77. The Morgan fingerprint density at radius 1 is 1.39 bits per heavy atom. The zero-order chi connectivity index (χ0) is 12.8. The van der Waals surface area contributed by atoms with Gasteiger partial charge in [0.05, 0.1) is 25.4 Å². The number of likely N-dealkylation sites (N-methyl/N-ethyl adjacent to an activating group) is 1. The van der Waals surface area contributed by atoms with Crippen molar-refractivity contribution in [2.45, 2.75) is 31.9 Å². The van der Waals surface area contributed by atoms with Gasteiger partial charge in [-0.2, -0.15) is 0 Å². The van der Waals surface area contributed by atoms with E-state index < -0.39 is 0 Å². The summed E-state index contributed by atoms with van der Waals surface area (Å²) in [6.45, 7) is 4.40. The van der Waals surface area contributed by atoms with Crippen molar-refractivity contribution in [1.82, 2.24) is 5.32 Å². The molecule has 1 aromatic rings. The number of rotatable bonds is 6. The van der Waals surface area contributed by atoms with Crippen molar-refractivity contribution in [3.8, 4) is 0 Å². The van der Waals surface area contributed by atoms with Gasteiger partial charge in [-0.25, -0.2) is 0 Å². The monoisotopic (exact) mass is 249 g/mol. The molecule has 1 N–H and O–H groups in total. The second kappa shape index (κ2) is 6.88. The molecule has 0 saturated carbocycles. The summed E-state index contributed by atoms with van der Waals surface area (Å²) < 4.78 is 11.3. The van der Waals surface area contributed by atoms with Crippen LogP contribution in [0, 0.1) is 6.92 Å². The topological polar surface area (TPSA) is 30.5 Å². The number of benzene rings is 1. The molecule has 2 rings (SSSR count). The molecular weight excluding hydrogens is 226 g/mol. The molecule has 2 atom stereocenters. The third-order valence-electron chi connectivity index (χ3n) is 3.44. The van der Waals surface area contributed by atoms with Crippen LogP contribution < -0.4 is 5.32 Å². The minimum Gasteiger partial charge on any atom is -0.377 e. The van der Waals surface area contributed by atoms with Gasteiger partial charge in [0.2, 0.25) is 0 Å². The fourth-order valence-electron chi connectivity index (χ4n) is 2.24. The lowest BCUT2D eigenvalue weighted by atomic mass is 10.1. The minimum absolute atomic E-state index is 0.256. The van der Waals surface area contributed by atoms with Gasteiger partial charge in [0, 0.05) is 6.61 Å². The number of ether oxygens (including phenoxy) is 2. The van der Waals surface area contributed by atoms with Crippen LogP contribution in [0.15, 0.2) is 24.3 Å². The van der Waals surface area contributed by atoms with Gasteiger partial charge in [-0.05, 0) is 32.4 Å². The Hall–Kier alpha value is -0.900. The van der Waals surface area contributed by atoms with E-state index in [0.717, 1.165) is 13.0 Å². The van der Waals surface area contributed by atoms with Crippen molar-refractivity contribution in [2.24, 2.45) is 0 Å². The second-order valence-corrected chi connectivity index (χ2v) is 4.92. The standard InChI is InChI=1S/C15H23NO2/c1-12-5-7-13(8-6-12)15(16-2)11-17-10-14-4-3-9-18-14/h5-8,14-16H,3-4,9-11H2,1-2H3. The van der Waals surface area contributed by atoms with Crippen LogP contribution >= 0.6 is 0 Å². The van der Waals surface area contributed by atoms with E-state index in [0.29, 0.717) is 19.3 Å². The number of hydrogen-bond acceptors (Lipinski definition) is 3. The summed E-state index contributed by atoms with van der Waals surface area (Å²) in [6, 6.07) is 8.85. The predicted molar refractivity (Wildman–Crippen MR) is 72.8 cm³/mol. The summed E-state index contributed by atoms with van der Waals surface area (Å²) in [5.74, 6) is 0. The fraction of sp³-hybridized carbons (Fsp3) is 0.600. The quantitative estimate of drug-likeness (QED) is 0.840. The fourth-order valence-corrected chi connectivity index (χ4v) is 2.24. The summed E-state index contributed by atoms with van der Waals surface area (Å²) >= 11 is 0. The first-order valence-electron chi connectivity index (χ1n) is 6.73. The molecule has 0 amide bonds. The Labute approximate surface area is 109 Å². The highest BCUT2D eigenvalue weighted by atomic mass is 16.5. The number of hydrogen-bond donors (Lipinski definition) is 1. The highest BCUT2D eigenvalue weighted by molar-refractivity contribution is 5.24. The molecular formula is C15H23NO2. The maximum absolute atomic E-state index is 5.77. The van der Waals surface area contributed by atoms with E-state index in [1.54, 1.807) is 0 Å². The molecule has 1 fully saturated rings. The van der Waals surface area contributed by atoms with Gasteiger partial charge in [0.15, 0.2) is 0 Å². The average molecular weight is 249 g/mol. The largest absolute Gasteiger partial charge is 0.377 e. The first-order chi connectivity index (χ1) is 8.79. The van der Waals surface area contributed by atoms with Crippen LogP contribution in [0.3, 0.4) is 0 Å². The maximum Gasteiger partial charge on any atom is 0.0809 e. The summed E-state index contributed by atoms with van der Waals surface area (Å²) in [4.78, 5) is 0. The third-order valence-corrected chi connectivity index (χ3v) is 3.44.